The third kappa shape index (κ3) is 5.20. The number of nitro groups is 1. The molecule has 2 rings (SSSR count). The Morgan fingerprint density at radius 3 is 2.54 bits per heavy atom. The van der Waals surface area contributed by atoms with Crippen LogP contribution in [0.1, 0.15) is 38.2 Å². The zero-order valence-electron chi connectivity index (χ0n) is 15.5. The maximum atomic E-state index is 11.3. The predicted molar refractivity (Wildman–Crippen MR) is 105 cm³/mol. The molecule has 7 nitrogen and oxygen atoms in total. The van der Waals surface area contributed by atoms with Crippen LogP contribution >= 0.6 is 12.2 Å². The summed E-state index contributed by atoms with van der Waals surface area (Å²) in [6.07, 6.45) is 5.31. The third-order valence-corrected chi connectivity index (χ3v) is 5.15. The average Bonchev–Trinajstić information content (AvgIpc) is 2.62. The summed E-state index contributed by atoms with van der Waals surface area (Å²) < 4.78 is 10.4. The van der Waals surface area contributed by atoms with Crippen LogP contribution in [-0.4, -0.2) is 36.8 Å². The van der Waals surface area contributed by atoms with Gasteiger partial charge in [-0.05, 0) is 43.5 Å². The van der Waals surface area contributed by atoms with E-state index >= 15 is 0 Å². The van der Waals surface area contributed by atoms with Crippen LogP contribution < -0.4 is 20.1 Å². The van der Waals surface area contributed by atoms with Gasteiger partial charge in [0.1, 0.15) is 0 Å². The summed E-state index contributed by atoms with van der Waals surface area (Å²) in [5.41, 5.74) is 0.596. The van der Waals surface area contributed by atoms with Crippen molar-refractivity contribution in [1.29, 1.82) is 0 Å². The van der Waals surface area contributed by atoms with Gasteiger partial charge in [0.25, 0.3) is 5.69 Å². The standard InChI is InChI=1S/C18H27N3O4S/c1-12-6-4-5-7-14(12)20-18(26)19-9-8-13-10-16(24-2)17(25-3)11-15(13)21(22)23/h10-12,14H,4-9H2,1-3H3,(H2,19,20,26)/t12-,14+/m1/s1. The molecule has 0 aromatic heterocycles. The first-order chi connectivity index (χ1) is 12.5. The van der Waals surface area contributed by atoms with Crippen molar-refractivity contribution in [3.8, 4) is 11.5 Å². The summed E-state index contributed by atoms with van der Waals surface area (Å²) in [5.74, 6) is 1.43. The van der Waals surface area contributed by atoms with Gasteiger partial charge in [0.05, 0.1) is 25.2 Å². The van der Waals surface area contributed by atoms with Crippen molar-refractivity contribution in [2.24, 2.45) is 5.92 Å². The third-order valence-electron chi connectivity index (χ3n) is 4.89. The highest BCUT2D eigenvalue weighted by Gasteiger charge is 2.22. The Morgan fingerprint density at radius 2 is 1.92 bits per heavy atom. The molecule has 0 spiro atoms. The average molecular weight is 381 g/mol. The van der Waals surface area contributed by atoms with Gasteiger partial charge in [-0.3, -0.25) is 10.1 Å². The van der Waals surface area contributed by atoms with Gasteiger partial charge >= 0.3 is 0 Å². The molecule has 0 unspecified atom stereocenters. The number of hydrogen-bond donors (Lipinski definition) is 2. The van der Waals surface area contributed by atoms with E-state index in [1.807, 2.05) is 0 Å². The molecule has 0 heterocycles. The number of rotatable bonds is 7. The van der Waals surface area contributed by atoms with E-state index in [-0.39, 0.29) is 5.69 Å². The molecule has 1 aromatic carbocycles. The van der Waals surface area contributed by atoms with Gasteiger partial charge in [0, 0.05) is 18.2 Å². The SMILES string of the molecule is COc1cc(CCNC(=S)N[C@H]2CCCC[C@H]2C)c([N+](=O)[O-])cc1OC. The molecule has 1 aliphatic rings. The molecule has 0 saturated heterocycles. The van der Waals surface area contributed by atoms with Crippen molar-refractivity contribution in [3.05, 3.63) is 27.8 Å². The molecule has 0 amide bonds. The van der Waals surface area contributed by atoms with E-state index in [0.717, 1.165) is 6.42 Å². The summed E-state index contributed by atoms with van der Waals surface area (Å²) in [5, 5.41) is 18.5. The first-order valence-corrected chi connectivity index (χ1v) is 9.30. The monoisotopic (exact) mass is 381 g/mol. The van der Waals surface area contributed by atoms with E-state index in [1.165, 1.54) is 39.5 Å². The van der Waals surface area contributed by atoms with E-state index in [9.17, 15) is 10.1 Å². The maximum Gasteiger partial charge on any atom is 0.276 e. The van der Waals surface area contributed by atoms with Gasteiger partial charge in [0.15, 0.2) is 16.6 Å². The fraction of sp³-hybridized carbons (Fsp3) is 0.611. The van der Waals surface area contributed by atoms with E-state index in [4.69, 9.17) is 21.7 Å². The minimum Gasteiger partial charge on any atom is -0.493 e. The van der Waals surface area contributed by atoms with Gasteiger partial charge < -0.3 is 20.1 Å². The van der Waals surface area contributed by atoms with Crippen molar-refractivity contribution in [2.45, 2.75) is 45.1 Å². The molecule has 2 N–H and O–H groups in total. The molecule has 0 bridgehead atoms. The Hall–Kier alpha value is -2.09. The Kier molecular flexibility index (Phi) is 7.44. The number of nitrogens with one attached hydrogen (secondary N) is 2. The summed E-state index contributed by atoms with van der Waals surface area (Å²) in [7, 11) is 2.97. The van der Waals surface area contributed by atoms with Crippen LogP contribution in [0.2, 0.25) is 0 Å². The lowest BCUT2D eigenvalue weighted by Crippen LogP contribution is -2.46. The molecule has 8 heteroatoms. The van der Waals surface area contributed by atoms with Crippen LogP contribution in [-0.2, 0) is 6.42 Å². The lowest BCUT2D eigenvalue weighted by Gasteiger charge is -2.30. The van der Waals surface area contributed by atoms with E-state index in [2.05, 4.69) is 17.6 Å². The Labute approximate surface area is 159 Å². The number of nitro benzene ring substituents is 1. The summed E-state index contributed by atoms with van der Waals surface area (Å²) in [6.45, 7) is 2.75. The highest BCUT2D eigenvalue weighted by Crippen LogP contribution is 2.34. The maximum absolute atomic E-state index is 11.3. The van der Waals surface area contributed by atoms with Gasteiger partial charge in [-0.15, -0.1) is 0 Å². The molecule has 26 heavy (non-hydrogen) atoms. The minimum atomic E-state index is -0.405. The summed E-state index contributed by atoms with van der Waals surface area (Å²) in [4.78, 5) is 10.9. The second kappa shape index (κ2) is 9.56. The number of hydrogen-bond acceptors (Lipinski definition) is 5. The van der Waals surface area contributed by atoms with Crippen LogP contribution in [0.5, 0.6) is 11.5 Å². The number of ether oxygens (including phenoxy) is 2. The Morgan fingerprint density at radius 1 is 1.27 bits per heavy atom. The van der Waals surface area contributed by atoms with Crippen molar-refractivity contribution >= 4 is 23.0 Å². The lowest BCUT2D eigenvalue weighted by molar-refractivity contribution is -0.385. The largest absolute Gasteiger partial charge is 0.493 e. The van der Waals surface area contributed by atoms with Crippen molar-refractivity contribution in [1.82, 2.24) is 10.6 Å². The van der Waals surface area contributed by atoms with E-state index in [0.29, 0.717) is 47.1 Å². The van der Waals surface area contributed by atoms with Crippen molar-refractivity contribution in [2.75, 3.05) is 20.8 Å². The van der Waals surface area contributed by atoms with Gasteiger partial charge in [-0.1, -0.05) is 19.8 Å². The molecule has 144 valence electrons. The molecule has 0 aliphatic heterocycles. The number of nitrogens with zero attached hydrogens (tertiary/aromatic N) is 1. The Bertz CT molecular complexity index is 654. The molecule has 0 radical (unpaired) electrons. The highest BCUT2D eigenvalue weighted by molar-refractivity contribution is 7.80. The number of methoxy groups -OCH3 is 2. The summed E-state index contributed by atoms with van der Waals surface area (Å²) >= 11 is 5.37. The van der Waals surface area contributed by atoms with Gasteiger partial charge in [-0.25, -0.2) is 0 Å². The Balaban J connectivity index is 1.95. The van der Waals surface area contributed by atoms with Gasteiger partial charge in [-0.2, -0.15) is 0 Å². The number of thiocarbonyl (C=S) groups is 1. The molecular weight excluding hydrogens is 354 g/mol. The first kappa shape index (κ1) is 20.2. The fourth-order valence-electron chi connectivity index (χ4n) is 3.34. The van der Waals surface area contributed by atoms with Crippen molar-refractivity contribution < 1.29 is 14.4 Å². The van der Waals surface area contributed by atoms with Gasteiger partial charge in [0.2, 0.25) is 0 Å². The van der Waals surface area contributed by atoms with Crippen molar-refractivity contribution in [3.63, 3.8) is 0 Å². The quantitative estimate of drug-likeness (QED) is 0.426. The molecular formula is C18H27N3O4S. The van der Waals surface area contributed by atoms with E-state index in [1.54, 1.807) is 6.07 Å². The van der Waals surface area contributed by atoms with E-state index < -0.39 is 4.92 Å². The molecule has 1 aliphatic carbocycles. The van der Waals surface area contributed by atoms with Crippen LogP contribution in [0.25, 0.3) is 0 Å². The van der Waals surface area contributed by atoms with Crippen LogP contribution in [0.3, 0.4) is 0 Å². The molecule has 1 saturated carbocycles. The van der Waals surface area contributed by atoms with Crippen LogP contribution in [0, 0.1) is 16.0 Å². The van der Waals surface area contributed by atoms with Crippen LogP contribution in [0.15, 0.2) is 12.1 Å². The van der Waals surface area contributed by atoms with Crippen LogP contribution in [0.4, 0.5) is 5.69 Å². The number of benzene rings is 1. The molecule has 1 aromatic rings. The second-order valence-electron chi connectivity index (χ2n) is 6.61. The smallest absolute Gasteiger partial charge is 0.276 e. The summed E-state index contributed by atoms with van der Waals surface area (Å²) in [6, 6.07) is 3.45. The molecule has 2 atom stereocenters. The second-order valence-corrected chi connectivity index (χ2v) is 7.02. The molecule has 1 fully saturated rings. The minimum absolute atomic E-state index is 0.0178. The zero-order chi connectivity index (χ0) is 19.1. The normalized spacial score (nSPS) is 19.5. The highest BCUT2D eigenvalue weighted by atomic mass is 32.1. The fourth-order valence-corrected chi connectivity index (χ4v) is 3.59. The topological polar surface area (TPSA) is 85.7 Å². The lowest BCUT2D eigenvalue weighted by atomic mass is 9.86. The predicted octanol–water partition coefficient (Wildman–Crippen LogP) is 3.20. The first-order valence-electron chi connectivity index (χ1n) is 8.90. The zero-order valence-corrected chi connectivity index (χ0v) is 16.4.